The van der Waals surface area contributed by atoms with Gasteiger partial charge >= 0.3 is 5.97 Å². The van der Waals surface area contributed by atoms with E-state index in [2.05, 4.69) is 54.2 Å². The van der Waals surface area contributed by atoms with Crippen molar-refractivity contribution < 1.29 is 14.3 Å². The summed E-state index contributed by atoms with van der Waals surface area (Å²) in [7, 11) is 1.34. The Balaban J connectivity index is 4.77. The molecule has 0 aliphatic rings. The summed E-state index contributed by atoms with van der Waals surface area (Å²) in [6.07, 6.45) is 11.5. The number of allylic oxidation sites excluding steroid dienone is 5. The number of hydrogen-bond donors (Lipinski definition) is 1. The zero-order chi connectivity index (χ0) is 21.0. The van der Waals surface area contributed by atoms with Crippen molar-refractivity contribution in [3.05, 3.63) is 34.4 Å². The minimum absolute atomic E-state index is 0.0191. The molecule has 4 nitrogen and oxygen atoms in total. The van der Waals surface area contributed by atoms with Crippen LogP contribution in [0, 0.1) is 11.3 Å². The van der Waals surface area contributed by atoms with Gasteiger partial charge in [0.25, 0.3) is 0 Å². The number of rotatable bonds is 11. The third-order valence-corrected chi connectivity index (χ3v) is 4.92. The fourth-order valence-corrected chi connectivity index (χ4v) is 2.63. The van der Waals surface area contributed by atoms with Crippen molar-refractivity contribution in [2.45, 2.75) is 73.3 Å². The molecule has 0 radical (unpaired) electrons. The lowest BCUT2D eigenvalue weighted by Gasteiger charge is -2.22. The predicted octanol–water partition coefficient (Wildman–Crippen LogP) is 5.69. The number of carbonyl (C=O) groups is 2. The van der Waals surface area contributed by atoms with E-state index in [4.69, 9.17) is 4.74 Å². The smallest absolute Gasteiger partial charge is 0.328 e. The highest BCUT2D eigenvalue weighted by Crippen LogP contribution is 2.24. The van der Waals surface area contributed by atoms with Gasteiger partial charge in [-0.3, -0.25) is 4.79 Å². The molecule has 0 aromatic heterocycles. The molecule has 2 atom stereocenters. The second-order valence-corrected chi connectivity index (χ2v) is 9.05. The summed E-state index contributed by atoms with van der Waals surface area (Å²) in [6, 6.07) is -0.617. The summed E-state index contributed by atoms with van der Waals surface area (Å²) in [5.74, 6) is -0.653. The minimum Gasteiger partial charge on any atom is -0.467 e. The molecule has 0 saturated carbocycles. The molecule has 0 heterocycles. The Morgan fingerprint density at radius 1 is 1.22 bits per heavy atom. The molecular weight excluding hydrogens is 406 g/mol. The molecule has 0 saturated heterocycles. The van der Waals surface area contributed by atoms with Crippen LogP contribution in [0.3, 0.4) is 0 Å². The van der Waals surface area contributed by atoms with Gasteiger partial charge in [-0.05, 0) is 55.0 Å². The lowest BCUT2D eigenvalue weighted by Crippen LogP contribution is -2.45. The van der Waals surface area contributed by atoms with Crippen LogP contribution in [-0.4, -0.2) is 25.0 Å². The summed E-state index contributed by atoms with van der Waals surface area (Å²) in [5, 5.41) is 2.77. The van der Waals surface area contributed by atoms with Gasteiger partial charge in [0.15, 0.2) is 0 Å². The van der Waals surface area contributed by atoms with E-state index in [1.54, 1.807) is 0 Å². The van der Waals surface area contributed by atoms with Crippen LogP contribution < -0.4 is 5.32 Å². The quantitative estimate of drug-likeness (QED) is 0.254. The van der Waals surface area contributed by atoms with Crippen LogP contribution in [0.5, 0.6) is 0 Å². The third-order valence-electron chi connectivity index (χ3n) is 4.59. The average Bonchev–Trinajstić information content (AvgIpc) is 2.61. The number of esters is 1. The van der Waals surface area contributed by atoms with Gasteiger partial charge in [-0.25, -0.2) is 4.79 Å². The van der Waals surface area contributed by atoms with Crippen molar-refractivity contribution in [2.24, 2.45) is 11.3 Å². The van der Waals surface area contributed by atoms with Gasteiger partial charge in [0, 0.05) is 0 Å². The van der Waals surface area contributed by atoms with Crippen LogP contribution in [0.1, 0.15) is 67.2 Å². The maximum atomic E-state index is 12.3. The molecule has 27 heavy (non-hydrogen) atoms. The molecule has 1 amide bonds. The van der Waals surface area contributed by atoms with Gasteiger partial charge in [-0.1, -0.05) is 73.8 Å². The molecule has 0 bridgehead atoms. The van der Waals surface area contributed by atoms with Crippen LogP contribution in [0.25, 0.3) is 0 Å². The summed E-state index contributed by atoms with van der Waals surface area (Å²) >= 11 is 3.44. The molecule has 0 aromatic rings. The van der Waals surface area contributed by atoms with Gasteiger partial charge in [0.1, 0.15) is 6.04 Å². The van der Waals surface area contributed by atoms with Crippen molar-refractivity contribution in [3.63, 3.8) is 0 Å². The van der Waals surface area contributed by atoms with Crippen molar-refractivity contribution in [1.82, 2.24) is 5.32 Å². The molecule has 1 N–H and O–H groups in total. The van der Waals surface area contributed by atoms with Crippen LogP contribution in [0.2, 0.25) is 0 Å². The Morgan fingerprint density at radius 2 is 1.85 bits per heavy atom. The molecule has 154 valence electrons. The lowest BCUT2D eigenvalue weighted by atomic mass is 9.87. The van der Waals surface area contributed by atoms with Gasteiger partial charge in [0.2, 0.25) is 5.91 Å². The Bertz CT molecular complexity index is 572. The number of hydrogen-bond acceptors (Lipinski definition) is 3. The first kappa shape index (κ1) is 25.6. The third kappa shape index (κ3) is 11.9. The van der Waals surface area contributed by atoms with Crippen molar-refractivity contribution in [1.29, 1.82) is 0 Å². The van der Waals surface area contributed by atoms with Crippen LogP contribution in [-0.2, 0) is 14.3 Å². The van der Waals surface area contributed by atoms with Gasteiger partial charge in [-0.15, -0.1) is 0 Å². The number of nitrogens with one attached hydrogen (secondary N) is 1. The van der Waals surface area contributed by atoms with Crippen molar-refractivity contribution in [3.8, 4) is 0 Å². The molecule has 0 fully saturated rings. The topological polar surface area (TPSA) is 55.4 Å². The Morgan fingerprint density at radius 3 is 2.37 bits per heavy atom. The van der Waals surface area contributed by atoms with E-state index < -0.39 is 12.0 Å². The summed E-state index contributed by atoms with van der Waals surface area (Å²) in [5.41, 5.74) is 1.20. The maximum Gasteiger partial charge on any atom is 0.328 e. The molecule has 0 rings (SSSR count). The molecular formula is C22H36BrNO3. The van der Waals surface area contributed by atoms with Crippen LogP contribution in [0.4, 0.5) is 0 Å². The fraction of sp³-hybridized carbons (Fsp3) is 0.636. The van der Waals surface area contributed by atoms with Gasteiger partial charge < -0.3 is 10.1 Å². The number of methoxy groups -OCH3 is 1. The Hall–Kier alpha value is -1.36. The standard InChI is InChI=1S/C22H36BrNO3/c1-8-17(3)20(21(26)27-7)24-19(25)13-15-22(5,6)14-12-16(2)10-9-11-18(4)23/h11-13,15,17,20H,8-10,14H2,1-7H3,(H,24,25)/b15-13+,16-12+,18-11+/t17-,20-/m0/s1. The Kier molecular flexibility index (Phi) is 12.3. The molecule has 0 aromatic carbocycles. The fourth-order valence-electron chi connectivity index (χ4n) is 2.40. The van der Waals surface area contributed by atoms with Crippen LogP contribution in [0.15, 0.2) is 34.4 Å². The SMILES string of the molecule is CC[C@H](C)[C@H](NC(=O)/C=C/C(C)(C)C/C=C(\C)CC/C=C(\C)Br)C(=O)OC. The largest absolute Gasteiger partial charge is 0.467 e. The first-order valence-electron chi connectivity index (χ1n) is 9.57. The highest BCUT2D eigenvalue weighted by molar-refractivity contribution is 9.11. The number of halogens is 1. The van der Waals surface area contributed by atoms with E-state index in [1.807, 2.05) is 26.8 Å². The maximum absolute atomic E-state index is 12.3. The van der Waals surface area contributed by atoms with E-state index >= 15 is 0 Å². The number of amides is 1. The molecule has 0 unspecified atom stereocenters. The second-order valence-electron chi connectivity index (χ2n) is 7.80. The molecule has 5 heteroatoms. The minimum atomic E-state index is -0.617. The van der Waals surface area contributed by atoms with E-state index in [-0.39, 0.29) is 17.2 Å². The second kappa shape index (κ2) is 12.9. The predicted molar refractivity (Wildman–Crippen MR) is 117 cm³/mol. The average molecular weight is 442 g/mol. The monoisotopic (exact) mass is 441 g/mol. The Labute approximate surface area is 173 Å². The number of carbonyl (C=O) groups excluding carboxylic acids is 2. The summed E-state index contributed by atoms with van der Waals surface area (Å²) in [4.78, 5) is 24.1. The lowest BCUT2D eigenvalue weighted by molar-refractivity contribution is -0.146. The number of ether oxygens (including phenoxy) is 1. The van der Waals surface area contributed by atoms with E-state index in [0.29, 0.717) is 0 Å². The van der Waals surface area contributed by atoms with Crippen molar-refractivity contribution >= 4 is 27.8 Å². The van der Waals surface area contributed by atoms with Gasteiger partial charge in [0.05, 0.1) is 7.11 Å². The summed E-state index contributed by atoms with van der Waals surface area (Å²) in [6.45, 7) is 12.3. The molecule has 0 aliphatic heterocycles. The van der Waals surface area contributed by atoms with E-state index in [0.717, 1.165) is 30.2 Å². The van der Waals surface area contributed by atoms with E-state index in [1.165, 1.54) is 18.8 Å². The summed E-state index contributed by atoms with van der Waals surface area (Å²) < 4.78 is 5.96. The van der Waals surface area contributed by atoms with Crippen molar-refractivity contribution in [2.75, 3.05) is 7.11 Å². The van der Waals surface area contributed by atoms with Crippen LogP contribution >= 0.6 is 15.9 Å². The zero-order valence-corrected chi connectivity index (χ0v) is 19.5. The highest BCUT2D eigenvalue weighted by Gasteiger charge is 2.26. The highest BCUT2D eigenvalue weighted by atomic mass is 79.9. The first-order chi connectivity index (χ1) is 12.5. The zero-order valence-electron chi connectivity index (χ0n) is 17.9. The van der Waals surface area contributed by atoms with Gasteiger partial charge in [-0.2, -0.15) is 0 Å². The molecule has 0 aliphatic carbocycles. The first-order valence-corrected chi connectivity index (χ1v) is 10.4. The normalized spacial score (nSPS) is 15.6. The molecule has 0 spiro atoms. The van der Waals surface area contributed by atoms with E-state index in [9.17, 15) is 9.59 Å².